The van der Waals surface area contributed by atoms with Gasteiger partial charge in [0.25, 0.3) is 16.7 Å². The summed E-state index contributed by atoms with van der Waals surface area (Å²) in [5, 5.41) is 23.3. The molecular weight excluding hydrogens is 984 g/mol. The second-order valence-corrected chi connectivity index (χ2v) is 16.8. The molecule has 0 amide bonds. The first-order valence-electron chi connectivity index (χ1n) is 21.1. The zero-order valence-corrected chi connectivity index (χ0v) is 39.4. The number of pyridine rings is 6. The van der Waals surface area contributed by atoms with Gasteiger partial charge in [-0.1, -0.05) is 39.7 Å². The lowest BCUT2D eigenvalue weighted by atomic mass is 10.1. The van der Waals surface area contributed by atoms with Gasteiger partial charge in [0.1, 0.15) is 0 Å². The summed E-state index contributed by atoms with van der Waals surface area (Å²) >= 11 is 9.49. The number of rotatable bonds is 7. The maximum Gasteiger partial charge on any atom is 0.280 e. The maximum atomic E-state index is 12.6. The van der Waals surface area contributed by atoms with E-state index in [-0.39, 0.29) is 23.3 Å². The number of benzene rings is 3. The van der Waals surface area contributed by atoms with Crippen LogP contribution in [0.3, 0.4) is 0 Å². The average molecular weight is 1020 g/mol. The Hall–Kier alpha value is -8.72. The van der Waals surface area contributed by atoms with Gasteiger partial charge in [0.05, 0.1) is 113 Å². The summed E-state index contributed by atoms with van der Waals surface area (Å²) in [4.78, 5) is 63.3. The smallest absolute Gasteiger partial charge is 0.280 e. The van der Waals surface area contributed by atoms with Crippen molar-refractivity contribution in [2.24, 2.45) is 0 Å². The second kappa shape index (κ2) is 18.8. The first-order chi connectivity index (χ1) is 34.0. The van der Waals surface area contributed by atoms with Crippen LogP contribution in [0.4, 0.5) is 0 Å². The first kappa shape index (κ1) is 45.1. The lowest BCUT2D eigenvalue weighted by Crippen LogP contribution is -2.14. The van der Waals surface area contributed by atoms with Crippen molar-refractivity contribution in [3.05, 3.63) is 174 Å². The van der Waals surface area contributed by atoms with E-state index in [9.17, 15) is 19.5 Å². The number of methoxy groups -OCH3 is 3. The van der Waals surface area contributed by atoms with Gasteiger partial charge in [-0.25, -0.2) is 29.0 Å². The summed E-state index contributed by atoms with van der Waals surface area (Å²) in [5.41, 5.74) is 6.52. The number of hydrogen-bond acceptors (Lipinski definition) is 13. The van der Waals surface area contributed by atoms with Crippen LogP contribution in [-0.4, -0.2) is 85.7 Å². The fourth-order valence-electron chi connectivity index (χ4n) is 7.79. The number of nitrogens with one attached hydrogen (secondary N) is 3. The van der Waals surface area contributed by atoms with Gasteiger partial charge in [-0.15, -0.1) is 0 Å². The van der Waals surface area contributed by atoms with Crippen molar-refractivity contribution in [3.63, 3.8) is 0 Å². The van der Waals surface area contributed by atoms with E-state index in [2.05, 4.69) is 61.1 Å². The lowest BCUT2D eigenvalue weighted by Gasteiger charge is -2.03. The van der Waals surface area contributed by atoms with Crippen LogP contribution in [0.5, 0.6) is 17.6 Å². The van der Waals surface area contributed by atoms with Crippen LogP contribution >= 0.6 is 27.5 Å². The van der Waals surface area contributed by atoms with Crippen LogP contribution in [-0.2, 0) is 6.61 Å². The Morgan fingerprint density at radius 1 is 0.486 bits per heavy atom. The summed E-state index contributed by atoms with van der Waals surface area (Å²) in [7, 11) is 4.63. The third kappa shape index (κ3) is 8.35. The van der Waals surface area contributed by atoms with Crippen LogP contribution in [0.25, 0.3) is 82.5 Å². The lowest BCUT2D eigenvalue weighted by molar-refractivity contribution is 0.282. The predicted octanol–water partition coefficient (Wildman–Crippen LogP) is 7.72. The molecule has 21 heteroatoms. The Balaban J connectivity index is 0.000000122. The van der Waals surface area contributed by atoms with E-state index >= 15 is 0 Å². The fraction of sp³-hybridized carbons (Fsp3) is 0.0816. The van der Waals surface area contributed by atoms with Crippen molar-refractivity contribution in [1.82, 2.24) is 59.2 Å². The van der Waals surface area contributed by atoms with Crippen molar-refractivity contribution in [1.29, 1.82) is 0 Å². The van der Waals surface area contributed by atoms with E-state index in [0.717, 1.165) is 48.3 Å². The maximum absolute atomic E-state index is 12.6. The van der Waals surface area contributed by atoms with Crippen LogP contribution < -0.4 is 30.9 Å². The Morgan fingerprint density at radius 2 is 0.914 bits per heavy atom. The second-order valence-electron chi connectivity index (χ2n) is 15.4. The summed E-state index contributed by atoms with van der Waals surface area (Å²) in [6.45, 7) is -0.0509. The number of nitrogens with zero attached hydrogens (tertiary/aromatic N) is 9. The topological polar surface area (TPSA) is 239 Å². The molecule has 0 aliphatic carbocycles. The van der Waals surface area contributed by atoms with Crippen LogP contribution in [0.2, 0.25) is 5.02 Å². The van der Waals surface area contributed by atoms with Crippen molar-refractivity contribution < 1.29 is 19.3 Å². The van der Waals surface area contributed by atoms with Gasteiger partial charge in [0.2, 0.25) is 17.6 Å². The summed E-state index contributed by atoms with van der Waals surface area (Å²) in [6.07, 6.45) is 9.43. The predicted molar refractivity (Wildman–Crippen MR) is 269 cm³/mol. The molecule has 0 atom stereocenters. The molecule has 9 aromatic heterocycles. The van der Waals surface area contributed by atoms with Gasteiger partial charge in [-0.3, -0.25) is 44.6 Å². The van der Waals surface area contributed by atoms with Crippen LogP contribution in [0, 0.1) is 0 Å². The highest BCUT2D eigenvalue weighted by molar-refractivity contribution is 9.10. The normalized spacial score (nSPS) is 11.2. The van der Waals surface area contributed by atoms with E-state index < -0.39 is 0 Å². The molecule has 12 aromatic rings. The van der Waals surface area contributed by atoms with Gasteiger partial charge in [0, 0.05) is 62.4 Å². The number of halogens is 2. The molecule has 0 radical (unpaired) electrons. The number of aromatic amines is 3. The average Bonchev–Trinajstić information content (AvgIpc) is 4.06. The number of aliphatic hydroxyl groups excluding tert-OH is 1. The number of aliphatic hydroxyl groups is 1. The molecule has 0 aliphatic rings. The minimum atomic E-state index is -0.197. The van der Waals surface area contributed by atoms with E-state index in [4.69, 9.17) is 25.8 Å². The molecule has 0 saturated carbocycles. The Labute approximate surface area is 406 Å². The van der Waals surface area contributed by atoms with E-state index in [1.165, 1.54) is 21.2 Å². The highest BCUT2D eigenvalue weighted by atomic mass is 79.9. The summed E-state index contributed by atoms with van der Waals surface area (Å²) in [5.74, 6) is 1.46. The molecule has 9 heterocycles. The number of ether oxygens (including phenoxy) is 3. The number of fused-ring (bicyclic) bond motifs is 9. The molecular formula is C49H36BrClN12O7. The number of aromatic nitrogens is 12. The highest BCUT2D eigenvalue weighted by Gasteiger charge is 2.16. The Bertz CT molecular complexity index is 4110. The number of H-pyrrole nitrogens is 3. The zero-order valence-electron chi connectivity index (χ0n) is 37.0. The Kier molecular flexibility index (Phi) is 12.1. The third-order valence-electron chi connectivity index (χ3n) is 11.3. The van der Waals surface area contributed by atoms with Gasteiger partial charge in [-0.2, -0.15) is 0 Å². The number of hydrogen-bond donors (Lipinski definition) is 4. The molecule has 12 rings (SSSR count). The zero-order chi connectivity index (χ0) is 48.6. The van der Waals surface area contributed by atoms with Crippen molar-refractivity contribution >= 4 is 92.9 Å². The largest absolute Gasteiger partial charge is 0.481 e. The van der Waals surface area contributed by atoms with Crippen molar-refractivity contribution in [2.75, 3.05) is 21.3 Å². The van der Waals surface area contributed by atoms with Gasteiger partial charge < -0.3 is 19.3 Å². The van der Waals surface area contributed by atoms with Crippen LogP contribution in [0.15, 0.2) is 147 Å². The monoisotopic (exact) mass is 1020 g/mol. The van der Waals surface area contributed by atoms with Crippen molar-refractivity contribution in [2.45, 2.75) is 6.61 Å². The van der Waals surface area contributed by atoms with Crippen molar-refractivity contribution in [3.8, 4) is 34.7 Å². The molecule has 19 nitrogen and oxygen atoms in total. The van der Waals surface area contributed by atoms with E-state index in [0.29, 0.717) is 66.9 Å². The molecule has 4 N–H and O–H groups in total. The molecule has 0 unspecified atom stereocenters. The molecule has 0 fully saturated rings. The van der Waals surface area contributed by atoms with E-state index in [1.54, 1.807) is 106 Å². The Morgan fingerprint density at radius 3 is 1.34 bits per heavy atom. The molecule has 0 aliphatic heterocycles. The molecule has 0 saturated heterocycles. The molecule has 348 valence electrons. The molecule has 70 heavy (non-hydrogen) atoms. The molecule has 0 spiro atoms. The van der Waals surface area contributed by atoms with Gasteiger partial charge in [-0.05, 0) is 66.2 Å². The minimum Gasteiger partial charge on any atom is -0.481 e. The molecule has 3 aromatic carbocycles. The standard InChI is InChI=1S/C17H14N4O3.C16H11BrN4O2.C16H11ClN4O2/c1-24-15-5-3-11(7-19-15)21-17(23)13-8-18-14-6-10(9-22)2-4-12(14)16(13)20-21;1-23-14-5-3-10(7-19-14)21-16(22)12-8-18-13-6-9(17)2-4-11(13)15(12)20-21;1-23-14-5-3-10(7-19-14)21-16(22)12-8-18-13-4-2-9(17)6-11(13)15(12)20-21/h2-8,20,22H,9H2,1H3;2*2-8,20H,1H3. The third-order valence-corrected chi connectivity index (χ3v) is 12.0. The van der Waals surface area contributed by atoms with Gasteiger partial charge in [0.15, 0.2) is 0 Å². The fourth-order valence-corrected chi connectivity index (χ4v) is 8.31. The first-order valence-corrected chi connectivity index (χ1v) is 22.2. The summed E-state index contributed by atoms with van der Waals surface area (Å²) in [6, 6.07) is 27.0. The van der Waals surface area contributed by atoms with E-state index in [1.807, 2.05) is 36.4 Å². The highest BCUT2D eigenvalue weighted by Crippen LogP contribution is 2.27. The SMILES string of the molecule is COc1ccc(-n2[nH]c3c(cnc4cc(Br)ccc43)c2=O)cn1.COc1ccc(-n2[nH]c3c(cnc4cc(CO)ccc43)c2=O)cn1.COc1ccc(-n2[nH]c3c(cnc4ccc(Cl)cc43)c2=O)cn1. The molecule has 0 bridgehead atoms. The van der Waals surface area contributed by atoms with Gasteiger partial charge >= 0.3 is 0 Å². The summed E-state index contributed by atoms with van der Waals surface area (Å²) < 4.78 is 20.4. The quantitative estimate of drug-likeness (QED) is 0.120. The minimum absolute atomic E-state index is 0.0509. The van der Waals surface area contributed by atoms with Crippen LogP contribution in [0.1, 0.15) is 5.56 Å².